The van der Waals surface area contributed by atoms with Crippen LogP contribution in [-0.2, 0) is 14.2 Å². The normalized spacial score (nSPS) is 28.8. The van der Waals surface area contributed by atoms with E-state index in [1.54, 1.807) is 0 Å². The number of aromatic nitrogens is 3. The highest BCUT2D eigenvalue weighted by atomic mass is 32.1. The molecule has 0 radical (unpaired) electrons. The largest absolute Gasteiger partial charge is 0.449 e. The number of hydrogen-bond donors (Lipinski definition) is 2. The quantitative estimate of drug-likeness (QED) is 0.813. The number of nitrogens with one attached hydrogen (secondary N) is 2. The van der Waals surface area contributed by atoms with Gasteiger partial charge in [-0.25, -0.2) is 4.98 Å². The van der Waals surface area contributed by atoms with Crippen molar-refractivity contribution in [1.82, 2.24) is 15.0 Å². The van der Waals surface area contributed by atoms with Crippen LogP contribution in [0.5, 0.6) is 0 Å². The third-order valence-electron chi connectivity index (χ3n) is 4.83. The monoisotopic (exact) mass is 363 g/mol. The van der Waals surface area contributed by atoms with Gasteiger partial charge in [-0.05, 0) is 27.2 Å². The van der Waals surface area contributed by atoms with Gasteiger partial charge in [0.15, 0.2) is 0 Å². The summed E-state index contributed by atoms with van der Waals surface area (Å²) < 4.78 is 17.5. The van der Waals surface area contributed by atoms with Crippen LogP contribution in [0.2, 0.25) is 0 Å². The van der Waals surface area contributed by atoms with Gasteiger partial charge in [-0.3, -0.25) is 4.79 Å². The molecular weight excluding hydrogens is 342 g/mol. The van der Waals surface area contributed by atoms with Crippen molar-refractivity contribution in [2.24, 2.45) is 5.92 Å². The fraction of sp³-hybridized carbons (Fsp3) is 0.588. The van der Waals surface area contributed by atoms with Gasteiger partial charge in [-0.2, -0.15) is 0 Å². The third-order valence-corrected chi connectivity index (χ3v) is 5.03. The summed E-state index contributed by atoms with van der Waals surface area (Å²) in [5, 5.41) is 0.186. The topological polar surface area (TPSA) is 89.2 Å². The Morgan fingerprint density at radius 2 is 2.08 bits per heavy atom. The van der Waals surface area contributed by atoms with Gasteiger partial charge < -0.3 is 24.2 Å². The van der Waals surface area contributed by atoms with Crippen LogP contribution in [0.4, 0.5) is 0 Å². The summed E-state index contributed by atoms with van der Waals surface area (Å²) in [6.45, 7) is 6.67. The summed E-state index contributed by atoms with van der Waals surface area (Å²) in [6.07, 6.45) is 3.78. The first-order valence-corrected chi connectivity index (χ1v) is 8.80. The van der Waals surface area contributed by atoms with Gasteiger partial charge >= 0.3 is 5.24 Å². The molecule has 2 N–H and O–H groups in total. The van der Waals surface area contributed by atoms with Gasteiger partial charge in [0.25, 0.3) is 5.56 Å². The van der Waals surface area contributed by atoms with Crippen LogP contribution in [0.3, 0.4) is 0 Å². The van der Waals surface area contributed by atoms with E-state index in [0.29, 0.717) is 17.6 Å². The van der Waals surface area contributed by atoms with Crippen LogP contribution in [0.1, 0.15) is 38.7 Å². The van der Waals surface area contributed by atoms with E-state index in [0.717, 1.165) is 12.0 Å². The maximum absolute atomic E-state index is 11.9. The predicted octanol–water partition coefficient (Wildman–Crippen LogP) is 2.24. The fourth-order valence-electron chi connectivity index (χ4n) is 3.73. The summed E-state index contributed by atoms with van der Waals surface area (Å²) in [5.74, 6) is 0.212. The standard InChI is InChI=1S/C17H21N3O4S/c1-17(2,3)22-6-8-4-9(14-13(8)23-16(25)24-14)10-5-18-12-11(10)19-7-20-15(12)21/h5,7-9,13-14,18H,4,6H2,1-3H3,(H,19,20,21)/t8-,9+,13-,14+/m1/s1. The summed E-state index contributed by atoms with van der Waals surface area (Å²) >= 11 is 5.12. The van der Waals surface area contributed by atoms with Gasteiger partial charge in [0.1, 0.15) is 17.7 Å². The lowest BCUT2D eigenvalue weighted by Gasteiger charge is -2.24. The molecule has 1 saturated carbocycles. The Morgan fingerprint density at radius 1 is 1.32 bits per heavy atom. The van der Waals surface area contributed by atoms with Gasteiger partial charge in [-0.1, -0.05) is 0 Å². The molecule has 4 rings (SSSR count). The van der Waals surface area contributed by atoms with Crippen LogP contribution in [0.25, 0.3) is 11.0 Å². The highest BCUT2D eigenvalue weighted by Gasteiger charge is 2.52. The number of thiocarbonyl (C=S) groups is 1. The van der Waals surface area contributed by atoms with E-state index in [9.17, 15) is 4.79 Å². The zero-order chi connectivity index (χ0) is 17.8. The lowest BCUT2D eigenvalue weighted by atomic mass is 9.96. The molecule has 2 aromatic rings. The average Bonchev–Trinajstić information content (AvgIpc) is 3.18. The minimum absolute atomic E-state index is 0.0436. The second kappa shape index (κ2) is 5.81. The third kappa shape index (κ3) is 2.93. The fourth-order valence-corrected chi connectivity index (χ4v) is 3.95. The van der Waals surface area contributed by atoms with E-state index >= 15 is 0 Å². The number of H-pyrrole nitrogens is 2. The second-order valence-corrected chi connectivity index (χ2v) is 7.97. The van der Waals surface area contributed by atoms with Crippen molar-refractivity contribution in [1.29, 1.82) is 0 Å². The SMILES string of the molecule is CC(C)(C)OC[C@H]1C[C@@H](c2c[nH]c3c(=O)[nH]cnc23)[C@@H]2OC(=S)O[C@H]12. The lowest BCUT2D eigenvalue weighted by Crippen LogP contribution is -2.30. The van der Waals surface area contributed by atoms with Gasteiger partial charge in [0, 0.05) is 35.8 Å². The molecular formula is C17H21N3O4S. The maximum Gasteiger partial charge on any atom is 0.353 e. The Morgan fingerprint density at radius 3 is 2.84 bits per heavy atom. The van der Waals surface area contributed by atoms with Crippen molar-refractivity contribution in [3.05, 3.63) is 28.4 Å². The number of nitrogens with zero attached hydrogens (tertiary/aromatic N) is 1. The summed E-state index contributed by atoms with van der Waals surface area (Å²) in [4.78, 5) is 21.9. The first-order valence-electron chi connectivity index (χ1n) is 8.39. The lowest BCUT2D eigenvalue weighted by molar-refractivity contribution is -0.0375. The molecule has 134 valence electrons. The zero-order valence-corrected chi connectivity index (χ0v) is 15.2. The van der Waals surface area contributed by atoms with Crippen molar-refractivity contribution in [2.45, 2.75) is 50.9 Å². The molecule has 0 aromatic carbocycles. The minimum Gasteiger partial charge on any atom is -0.449 e. The van der Waals surface area contributed by atoms with Crippen LogP contribution in [-0.4, -0.2) is 44.6 Å². The number of aromatic amines is 2. The van der Waals surface area contributed by atoms with Crippen LogP contribution < -0.4 is 5.56 Å². The van der Waals surface area contributed by atoms with E-state index < -0.39 is 0 Å². The van der Waals surface area contributed by atoms with Crippen molar-refractivity contribution in [2.75, 3.05) is 6.61 Å². The molecule has 4 atom stereocenters. The van der Waals surface area contributed by atoms with Gasteiger partial charge in [0.2, 0.25) is 0 Å². The van der Waals surface area contributed by atoms with Crippen LogP contribution in [0.15, 0.2) is 17.3 Å². The molecule has 0 amide bonds. The van der Waals surface area contributed by atoms with E-state index in [4.69, 9.17) is 26.4 Å². The molecule has 0 unspecified atom stereocenters. The first-order chi connectivity index (χ1) is 11.8. The van der Waals surface area contributed by atoms with E-state index in [-0.39, 0.29) is 40.4 Å². The minimum atomic E-state index is -0.219. The molecule has 0 bridgehead atoms. The molecule has 2 fully saturated rings. The second-order valence-electron chi connectivity index (χ2n) is 7.64. The highest BCUT2D eigenvalue weighted by molar-refractivity contribution is 7.79. The molecule has 2 aliphatic rings. The van der Waals surface area contributed by atoms with Gasteiger partial charge in [-0.15, -0.1) is 0 Å². The maximum atomic E-state index is 11.9. The van der Waals surface area contributed by atoms with E-state index in [2.05, 4.69) is 15.0 Å². The van der Waals surface area contributed by atoms with Crippen molar-refractivity contribution in [3.63, 3.8) is 0 Å². The predicted molar refractivity (Wildman–Crippen MR) is 95.6 cm³/mol. The summed E-state index contributed by atoms with van der Waals surface area (Å²) in [7, 11) is 0. The Hall–Kier alpha value is -1.93. The smallest absolute Gasteiger partial charge is 0.353 e. The molecule has 7 nitrogen and oxygen atoms in total. The molecule has 1 saturated heterocycles. The first kappa shape index (κ1) is 16.5. The van der Waals surface area contributed by atoms with Crippen LogP contribution in [0, 0.1) is 5.92 Å². The number of rotatable bonds is 3. The molecule has 0 spiro atoms. The summed E-state index contributed by atoms with van der Waals surface area (Å²) in [6, 6.07) is 0. The number of fused-ring (bicyclic) bond motifs is 2. The van der Waals surface area contributed by atoms with Crippen molar-refractivity contribution >= 4 is 28.5 Å². The molecule has 3 heterocycles. The molecule has 1 aliphatic carbocycles. The Labute approximate surface area is 150 Å². The Kier molecular flexibility index (Phi) is 3.84. The zero-order valence-electron chi connectivity index (χ0n) is 14.4. The van der Waals surface area contributed by atoms with Gasteiger partial charge in [0.05, 0.1) is 24.1 Å². The number of hydrogen-bond acceptors (Lipinski definition) is 6. The molecule has 2 aromatic heterocycles. The van der Waals surface area contributed by atoms with Crippen molar-refractivity contribution in [3.8, 4) is 0 Å². The van der Waals surface area contributed by atoms with E-state index in [1.165, 1.54) is 6.33 Å². The average molecular weight is 363 g/mol. The van der Waals surface area contributed by atoms with Crippen LogP contribution >= 0.6 is 12.2 Å². The Bertz CT molecular complexity index is 869. The van der Waals surface area contributed by atoms with E-state index in [1.807, 2.05) is 27.0 Å². The summed E-state index contributed by atoms with van der Waals surface area (Å²) in [5.41, 5.74) is 1.71. The number of ether oxygens (including phenoxy) is 3. The Balaban J connectivity index is 1.66. The molecule has 1 aliphatic heterocycles. The molecule has 8 heteroatoms. The van der Waals surface area contributed by atoms with Crippen molar-refractivity contribution < 1.29 is 14.2 Å². The highest BCUT2D eigenvalue weighted by Crippen LogP contribution is 2.46. The molecule has 25 heavy (non-hydrogen) atoms.